The van der Waals surface area contributed by atoms with Crippen LogP contribution in [-0.4, -0.2) is 33.4 Å². The maximum Gasteiger partial charge on any atom is 0.258 e. The lowest BCUT2D eigenvalue weighted by atomic mass is 9.88. The summed E-state index contributed by atoms with van der Waals surface area (Å²) in [6, 6.07) is 13.3. The molecule has 1 aromatic heterocycles. The highest BCUT2D eigenvalue weighted by Gasteiger charge is 2.38. The van der Waals surface area contributed by atoms with Crippen LogP contribution in [-0.2, 0) is 11.3 Å². The Morgan fingerprint density at radius 3 is 2.68 bits per heavy atom. The zero-order valence-electron chi connectivity index (χ0n) is 16.3. The summed E-state index contributed by atoms with van der Waals surface area (Å²) in [5.41, 5.74) is 8.63. The van der Waals surface area contributed by atoms with Crippen LogP contribution >= 0.6 is 12.2 Å². The van der Waals surface area contributed by atoms with E-state index in [1.54, 1.807) is 11.1 Å². The van der Waals surface area contributed by atoms with Gasteiger partial charge >= 0.3 is 0 Å². The Morgan fingerprint density at radius 1 is 1.29 bits per heavy atom. The Morgan fingerprint density at radius 2 is 2.00 bits per heavy atom. The average Bonchev–Trinajstić information content (AvgIpc) is 2.65. The fourth-order valence-electron chi connectivity index (χ4n) is 3.12. The molecule has 6 nitrogen and oxygen atoms in total. The lowest BCUT2D eigenvalue weighted by Gasteiger charge is -2.42. The van der Waals surface area contributed by atoms with Gasteiger partial charge in [-0.1, -0.05) is 30.4 Å². The van der Waals surface area contributed by atoms with Gasteiger partial charge in [0.15, 0.2) is 0 Å². The van der Waals surface area contributed by atoms with E-state index in [2.05, 4.69) is 15.6 Å². The molecule has 1 aromatic carbocycles. The molecule has 0 fully saturated rings. The van der Waals surface area contributed by atoms with E-state index in [0.717, 1.165) is 16.9 Å². The maximum absolute atomic E-state index is 13.1. The molecule has 0 saturated carbocycles. The normalized spacial score (nSPS) is 16.1. The minimum Gasteiger partial charge on any atom is -0.384 e. The Balaban J connectivity index is 1.90. The molecule has 0 aliphatic carbocycles. The van der Waals surface area contributed by atoms with Crippen molar-refractivity contribution in [2.24, 2.45) is 0 Å². The van der Waals surface area contributed by atoms with Crippen LogP contribution in [0.5, 0.6) is 0 Å². The summed E-state index contributed by atoms with van der Waals surface area (Å²) in [6.45, 7) is 4.62. The highest BCUT2D eigenvalue weighted by molar-refractivity contribution is 7.81. The predicted molar refractivity (Wildman–Crippen MR) is 117 cm³/mol. The monoisotopic (exact) mass is 395 g/mol. The molecule has 0 spiro atoms. The fourth-order valence-corrected chi connectivity index (χ4v) is 3.45. The van der Waals surface area contributed by atoms with Gasteiger partial charge in [-0.25, -0.2) is 4.98 Å². The number of likely N-dealkylation sites (N-methyl/N-ethyl adjacent to an activating group) is 1. The molecule has 1 aliphatic heterocycles. The highest BCUT2D eigenvalue weighted by atomic mass is 32.1. The largest absolute Gasteiger partial charge is 0.384 e. The second-order valence-electron chi connectivity index (χ2n) is 7.47. The number of nitrogen functional groups attached to an aromatic ring is 1. The molecule has 2 aromatic rings. The summed E-state index contributed by atoms with van der Waals surface area (Å²) in [5, 5.41) is 6.59. The first-order valence-electron chi connectivity index (χ1n) is 9.10. The summed E-state index contributed by atoms with van der Waals surface area (Å²) in [6.07, 6.45) is 2.34. The van der Waals surface area contributed by atoms with Crippen molar-refractivity contribution in [2.75, 3.05) is 18.1 Å². The zero-order chi connectivity index (χ0) is 20.3. The summed E-state index contributed by atoms with van der Waals surface area (Å²) < 4.78 is 0. The smallest absolute Gasteiger partial charge is 0.258 e. The molecule has 0 saturated heterocycles. The summed E-state index contributed by atoms with van der Waals surface area (Å²) in [7, 11) is 1.81. The van der Waals surface area contributed by atoms with Crippen LogP contribution in [0.2, 0.25) is 0 Å². The Kier molecular flexibility index (Phi) is 5.65. The van der Waals surface area contributed by atoms with Gasteiger partial charge in [0.1, 0.15) is 10.8 Å². The van der Waals surface area contributed by atoms with E-state index >= 15 is 0 Å². The third-order valence-electron chi connectivity index (χ3n) is 4.95. The zero-order valence-corrected chi connectivity index (χ0v) is 17.1. The van der Waals surface area contributed by atoms with Crippen LogP contribution in [0.3, 0.4) is 0 Å². The number of amides is 1. The number of nitrogens with zero attached hydrogens (tertiary/aromatic N) is 2. The molecule has 4 N–H and O–H groups in total. The van der Waals surface area contributed by atoms with Crippen LogP contribution in [0.4, 0.5) is 11.5 Å². The second-order valence-corrected chi connectivity index (χ2v) is 7.88. The lowest BCUT2D eigenvalue weighted by molar-refractivity contribution is -0.131. The molecule has 3 rings (SSSR count). The molecule has 1 aliphatic rings. The molecular weight excluding hydrogens is 370 g/mol. The van der Waals surface area contributed by atoms with Crippen LogP contribution in [0, 0.1) is 0 Å². The first-order chi connectivity index (χ1) is 13.3. The van der Waals surface area contributed by atoms with Gasteiger partial charge < -0.3 is 21.3 Å². The van der Waals surface area contributed by atoms with Gasteiger partial charge in [0.05, 0.1) is 5.57 Å². The van der Waals surface area contributed by atoms with Crippen LogP contribution in [0.1, 0.15) is 25.8 Å². The van der Waals surface area contributed by atoms with Crippen molar-refractivity contribution >= 4 is 34.6 Å². The lowest BCUT2D eigenvalue weighted by Crippen LogP contribution is -2.52. The molecule has 28 heavy (non-hydrogen) atoms. The van der Waals surface area contributed by atoms with Gasteiger partial charge in [0.25, 0.3) is 5.91 Å². The van der Waals surface area contributed by atoms with Crippen molar-refractivity contribution in [1.29, 1.82) is 0 Å². The van der Waals surface area contributed by atoms with Crippen molar-refractivity contribution < 1.29 is 4.79 Å². The number of pyridine rings is 1. The Hall–Kier alpha value is -2.93. The minimum atomic E-state index is -0.317. The van der Waals surface area contributed by atoms with Gasteiger partial charge in [-0.15, -0.1) is 0 Å². The first-order valence-corrected chi connectivity index (χ1v) is 9.51. The van der Waals surface area contributed by atoms with E-state index in [-0.39, 0.29) is 11.4 Å². The quantitative estimate of drug-likeness (QED) is 0.675. The van der Waals surface area contributed by atoms with Crippen molar-refractivity contribution in [3.8, 4) is 0 Å². The number of hydrogen-bond acceptors (Lipinski definition) is 5. The maximum atomic E-state index is 13.1. The van der Waals surface area contributed by atoms with E-state index < -0.39 is 0 Å². The minimum absolute atomic E-state index is 0.0959. The Bertz CT molecular complexity index is 923. The number of anilines is 2. The standard InChI is InChI=1S/C21H25N5OS/c1-21(2)12-16(24-13-14-9-10-23-17(22)11-14)18(20(27)26(21)3)19(28)25-15-7-5-4-6-8-15/h4-11,24H,12-13H2,1-3H3,(H2,22,23)(H,25,28). The third kappa shape index (κ3) is 4.31. The topological polar surface area (TPSA) is 83.3 Å². The highest BCUT2D eigenvalue weighted by Crippen LogP contribution is 2.31. The van der Waals surface area contributed by atoms with Gasteiger partial charge in [0.2, 0.25) is 0 Å². The molecule has 0 radical (unpaired) electrons. The number of rotatable bonds is 5. The number of nitrogens with two attached hydrogens (primary N) is 1. The number of carbonyl (C=O) groups excluding carboxylic acids is 1. The number of para-hydroxylation sites is 1. The van der Waals surface area contributed by atoms with Gasteiger partial charge in [0, 0.05) is 43.1 Å². The second kappa shape index (κ2) is 7.98. The van der Waals surface area contributed by atoms with E-state index in [1.165, 1.54) is 0 Å². The predicted octanol–water partition coefficient (Wildman–Crippen LogP) is 3.09. The van der Waals surface area contributed by atoms with Crippen LogP contribution in [0.25, 0.3) is 0 Å². The van der Waals surface area contributed by atoms with Gasteiger partial charge in [-0.05, 0) is 43.7 Å². The molecule has 7 heteroatoms. The molecule has 0 atom stereocenters. The van der Waals surface area contributed by atoms with E-state index in [9.17, 15) is 4.79 Å². The SMILES string of the molecule is CN1C(=O)C(C(=S)Nc2ccccc2)=C(NCc2ccnc(N)c2)CC1(C)C. The molecule has 2 heterocycles. The summed E-state index contributed by atoms with van der Waals surface area (Å²) in [5.74, 6) is 0.371. The molecule has 1 amide bonds. The molecule has 0 unspecified atom stereocenters. The summed E-state index contributed by atoms with van der Waals surface area (Å²) >= 11 is 5.60. The van der Waals surface area contributed by atoms with Crippen LogP contribution < -0.4 is 16.4 Å². The molecular formula is C21H25N5OS. The first kappa shape index (κ1) is 19.8. The van der Waals surface area contributed by atoms with Crippen LogP contribution in [0.15, 0.2) is 59.9 Å². The van der Waals surface area contributed by atoms with E-state index in [4.69, 9.17) is 18.0 Å². The van der Waals surface area contributed by atoms with E-state index in [0.29, 0.717) is 29.3 Å². The fraction of sp³-hybridized carbons (Fsp3) is 0.286. The van der Waals surface area contributed by atoms with E-state index in [1.807, 2.05) is 63.4 Å². The van der Waals surface area contributed by atoms with Gasteiger partial charge in [-0.3, -0.25) is 4.79 Å². The van der Waals surface area contributed by atoms with Crippen molar-refractivity contribution in [1.82, 2.24) is 15.2 Å². The molecule has 0 bridgehead atoms. The van der Waals surface area contributed by atoms with Gasteiger partial charge in [-0.2, -0.15) is 0 Å². The van der Waals surface area contributed by atoms with Crippen molar-refractivity contribution in [2.45, 2.75) is 32.4 Å². The number of aromatic nitrogens is 1. The third-order valence-corrected chi connectivity index (χ3v) is 5.25. The molecule has 146 valence electrons. The number of hydrogen-bond donors (Lipinski definition) is 3. The average molecular weight is 396 g/mol. The Labute approximate surface area is 170 Å². The number of thiocarbonyl (C=S) groups is 1. The number of nitrogens with one attached hydrogen (secondary N) is 2. The van der Waals surface area contributed by atoms with Crippen molar-refractivity contribution in [3.05, 3.63) is 65.5 Å². The van der Waals surface area contributed by atoms with Crippen molar-refractivity contribution in [3.63, 3.8) is 0 Å². The summed E-state index contributed by atoms with van der Waals surface area (Å²) in [4.78, 5) is 19.3. The number of carbonyl (C=O) groups is 1. The number of benzene rings is 1.